The van der Waals surface area contributed by atoms with Crippen molar-refractivity contribution in [1.29, 1.82) is 0 Å². The third-order valence-corrected chi connectivity index (χ3v) is 4.38. The van der Waals surface area contributed by atoms with E-state index in [0.717, 1.165) is 15.8 Å². The Labute approximate surface area is 173 Å². The van der Waals surface area contributed by atoms with Gasteiger partial charge in [0, 0.05) is 0 Å². The Morgan fingerprint density at radius 1 is 1.00 bits per heavy atom. The Hall–Kier alpha value is -3.13. The summed E-state index contributed by atoms with van der Waals surface area (Å²) in [6.07, 6.45) is 1.34. The Kier molecular flexibility index (Phi) is 6.33. The van der Waals surface area contributed by atoms with Crippen LogP contribution in [0.15, 0.2) is 35.3 Å². The number of rotatable bonds is 7. The van der Waals surface area contributed by atoms with Crippen molar-refractivity contribution in [2.24, 2.45) is 0 Å². The number of aromatic nitrogens is 4. The molecule has 0 aliphatic rings. The smallest absolute Gasteiger partial charge is 0.296 e. The highest BCUT2D eigenvalue weighted by molar-refractivity contribution is 6.31. The number of hydrogen-bond acceptors (Lipinski definition) is 7. The van der Waals surface area contributed by atoms with E-state index in [4.69, 9.17) is 25.8 Å². The van der Waals surface area contributed by atoms with Crippen LogP contribution in [-0.2, 0) is 0 Å². The van der Waals surface area contributed by atoms with Crippen molar-refractivity contribution in [3.05, 3.63) is 57.0 Å². The standard InChI is InChI=1S/C20H21ClN4O4/c1-5-27-16-10-17(28-6-2)24-20(23-16)25-19(26)18(21)15(11-22-25)29-14-8-7-12(3)13(4)9-14/h7-11H,5-6H2,1-4H3. The van der Waals surface area contributed by atoms with Crippen LogP contribution in [0, 0.1) is 13.8 Å². The molecule has 0 atom stereocenters. The highest BCUT2D eigenvalue weighted by Gasteiger charge is 2.16. The van der Waals surface area contributed by atoms with Crippen molar-refractivity contribution >= 4 is 11.6 Å². The molecule has 3 aromatic rings. The van der Waals surface area contributed by atoms with Crippen molar-refractivity contribution in [2.45, 2.75) is 27.7 Å². The second kappa shape index (κ2) is 8.91. The van der Waals surface area contributed by atoms with Gasteiger partial charge in [-0.25, -0.2) is 0 Å². The van der Waals surface area contributed by atoms with Crippen molar-refractivity contribution in [3.8, 4) is 29.2 Å². The third kappa shape index (κ3) is 4.65. The van der Waals surface area contributed by atoms with Gasteiger partial charge in [-0.2, -0.15) is 19.7 Å². The van der Waals surface area contributed by atoms with Crippen LogP contribution in [0.25, 0.3) is 5.95 Å². The zero-order valence-corrected chi connectivity index (χ0v) is 17.4. The van der Waals surface area contributed by atoms with Crippen molar-refractivity contribution in [3.63, 3.8) is 0 Å². The summed E-state index contributed by atoms with van der Waals surface area (Å²) < 4.78 is 17.5. The molecule has 9 heteroatoms. The molecule has 0 saturated carbocycles. The topological polar surface area (TPSA) is 88.4 Å². The lowest BCUT2D eigenvalue weighted by Crippen LogP contribution is -2.24. The zero-order chi connectivity index (χ0) is 21.0. The molecule has 2 heterocycles. The van der Waals surface area contributed by atoms with E-state index in [9.17, 15) is 4.79 Å². The van der Waals surface area contributed by atoms with Crippen LogP contribution in [0.1, 0.15) is 25.0 Å². The molecule has 29 heavy (non-hydrogen) atoms. The SMILES string of the molecule is CCOc1cc(OCC)nc(-n2ncc(Oc3ccc(C)c(C)c3)c(Cl)c2=O)n1. The number of benzene rings is 1. The summed E-state index contributed by atoms with van der Waals surface area (Å²) in [5.41, 5.74) is 1.57. The second-order valence-electron chi connectivity index (χ2n) is 6.10. The Morgan fingerprint density at radius 3 is 2.24 bits per heavy atom. The Balaban J connectivity index is 1.99. The van der Waals surface area contributed by atoms with E-state index in [-0.39, 0.29) is 28.5 Å². The molecule has 2 aromatic heterocycles. The second-order valence-corrected chi connectivity index (χ2v) is 6.48. The minimum absolute atomic E-state index is 0.0102. The van der Waals surface area contributed by atoms with Crippen molar-refractivity contribution in [2.75, 3.05) is 13.2 Å². The molecule has 3 rings (SSSR count). The van der Waals surface area contributed by atoms with E-state index in [2.05, 4.69) is 15.1 Å². The molecule has 0 bridgehead atoms. The molecule has 0 unspecified atom stereocenters. The average molecular weight is 417 g/mol. The quantitative estimate of drug-likeness (QED) is 0.577. The molecule has 0 fully saturated rings. The van der Waals surface area contributed by atoms with E-state index in [1.165, 1.54) is 6.20 Å². The van der Waals surface area contributed by atoms with Crippen molar-refractivity contribution < 1.29 is 14.2 Å². The predicted molar refractivity (Wildman–Crippen MR) is 109 cm³/mol. The van der Waals surface area contributed by atoms with Gasteiger partial charge in [0.2, 0.25) is 11.8 Å². The van der Waals surface area contributed by atoms with Gasteiger partial charge in [-0.05, 0) is 51.0 Å². The molecule has 0 spiro atoms. The fourth-order valence-corrected chi connectivity index (χ4v) is 2.63. The number of nitrogens with zero attached hydrogens (tertiary/aromatic N) is 4. The fraction of sp³-hybridized carbons (Fsp3) is 0.300. The molecule has 8 nitrogen and oxygen atoms in total. The highest BCUT2D eigenvalue weighted by Crippen LogP contribution is 2.27. The minimum Gasteiger partial charge on any atom is -0.478 e. The summed E-state index contributed by atoms with van der Waals surface area (Å²) in [4.78, 5) is 21.2. The van der Waals surface area contributed by atoms with Gasteiger partial charge in [-0.1, -0.05) is 17.7 Å². The lowest BCUT2D eigenvalue weighted by atomic mass is 10.1. The number of ether oxygens (including phenoxy) is 3. The van der Waals surface area contributed by atoms with E-state index in [0.29, 0.717) is 19.0 Å². The normalized spacial score (nSPS) is 10.7. The van der Waals surface area contributed by atoms with E-state index in [1.807, 2.05) is 39.8 Å². The van der Waals surface area contributed by atoms with Gasteiger partial charge < -0.3 is 14.2 Å². The number of halogens is 1. The molecule has 152 valence electrons. The predicted octanol–water partition coefficient (Wildman–Crippen LogP) is 3.88. The monoisotopic (exact) mass is 416 g/mol. The summed E-state index contributed by atoms with van der Waals surface area (Å²) in [6.45, 7) is 8.41. The molecule has 0 radical (unpaired) electrons. The van der Waals surface area contributed by atoms with Crippen LogP contribution >= 0.6 is 11.6 Å². The van der Waals surface area contributed by atoms with Gasteiger partial charge in [0.25, 0.3) is 11.5 Å². The minimum atomic E-state index is -0.621. The molecule has 0 saturated heterocycles. The lowest BCUT2D eigenvalue weighted by Gasteiger charge is -2.11. The first-order valence-corrected chi connectivity index (χ1v) is 9.48. The fourth-order valence-electron chi connectivity index (χ4n) is 2.47. The molecule has 0 aliphatic carbocycles. The Morgan fingerprint density at radius 2 is 1.66 bits per heavy atom. The van der Waals surface area contributed by atoms with Gasteiger partial charge in [0.15, 0.2) is 10.8 Å². The van der Waals surface area contributed by atoms with E-state index >= 15 is 0 Å². The van der Waals surface area contributed by atoms with Gasteiger partial charge in [0.1, 0.15) is 5.75 Å². The third-order valence-electron chi connectivity index (χ3n) is 4.03. The van der Waals surface area contributed by atoms with Gasteiger partial charge in [-0.15, -0.1) is 0 Å². The van der Waals surface area contributed by atoms with E-state index in [1.54, 1.807) is 12.1 Å². The summed E-state index contributed by atoms with van der Waals surface area (Å²) >= 11 is 6.25. The van der Waals surface area contributed by atoms with Crippen LogP contribution < -0.4 is 19.8 Å². The summed E-state index contributed by atoms with van der Waals surface area (Å²) in [6, 6.07) is 7.13. The van der Waals surface area contributed by atoms with Crippen LogP contribution in [0.3, 0.4) is 0 Å². The van der Waals surface area contributed by atoms with E-state index < -0.39 is 5.56 Å². The van der Waals surface area contributed by atoms with Crippen molar-refractivity contribution in [1.82, 2.24) is 19.7 Å². The first-order chi connectivity index (χ1) is 13.9. The maximum atomic E-state index is 12.8. The maximum absolute atomic E-state index is 12.8. The summed E-state index contributed by atoms with van der Waals surface area (Å²) in [5.74, 6) is 1.22. The molecular weight excluding hydrogens is 396 g/mol. The highest BCUT2D eigenvalue weighted by atomic mass is 35.5. The first kappa shape index (κ1) is 20.6. The first-order valence-electron chi connectivity index (χ1n) is 9.11. The van der Waals surface area contributed by atoms with Gasteiger partial charge >= 0.3 is 0 Å². The molecule has 0 N–H and O–H groups in total. The molecule has 0 aliphatic heterocycles. The average Bonchev–Trinajstić information content (AvgIpc) is 2.69. The largest absolute Gasteiger partial charge is 0.478 e. The lowest BCUT2D eigenvalue weighted by molar-refractivity contribution is 0.304. The Bertz CT molecular complexity index is 1060. The summed E-state index contributed by atoms with van der Waals surface area (Å²) in [7, 11) is 0. The van der Waals surface area contributed by atoms with Crippen LogP contribution in [0.4, 0.5) is 0 Å². The van der Waals surface area contributed by atoms with Gasteiger partial charge in [0.05, 0.1) is 25.5 Å². The van der Waals surface area contributed by atoms with Gasteiger partial charge in [-0.3, -0.25) is 4.79 Å². The number of hydrogen-bond donors (Lipinski definition) is 0. The van der Waals surface area contributed by atoms with Crippen LogP contribution in [-0.4, -0.2) is 33.0 Å². The zero-order valence-electron chi connectivity index (χ0n) is 16.6. The summed E-state index contributed by atoms with van der Waals surface area (Å²) in [5, 5.41) is 3.97. The molecule has 0 amide bonds. The molecule has 1 aromatic carbocycles. The van der Waals surface area contributed by atoms with Crippen LogP contribution in [0.2, 0.25) is 5.02 Å². The molecular formula is C20H21ClN4O4. The maximum Gasteiger partial charge on any atom is 0.296 e. The van der Waals surface area contributed by atoms with Crippen LogP contribution in [0.5, 0.6) is 23.3 Å². The number of aryl methyl sites for hydroxylation is 2.